The van der Waals surface area contributed by atoms with E-state index in [1.54, 1.807) is 12.1 Å². The predicted octanol–water partition coefficient (Wildman–Crippen LogP) is 8.20. The van der Waals surface area contributed by atoms with Gasteiger partial charge >= 0.3 is 0 Å². The molecule has 0 radical (unpaired) electrons. The molecule has 0 unspecified atom stereocenters. The van der Waals surface area contributed by atoms with Crippen LogP contribution in [0.25, 0.3) is 33.4 Å². The van der Waals surface area contributed by atoms with Crippen molar-refractivity contribution in [3.05, 3.63) is 98.8 Å². The van der Waals surface area contributed by atoms with Gasteiger partial charge < -0.3 is 0 Å². The number of hydrogen-bond acceptors (Lipinski definition) is 4. The highest BCUT2D eigenvalue weighted by atomic mass is 35.5. The van der Waals surface area contributed by atoms with Crippen LogP contribution in [0.1, 0.15) is 20.8 Å². The zero-order valence-corrected chi connectivity index (χ0v) is 20.7. The molecule has 0 saturated heterocycles. The molecule has 0 fully saturated rings. The molecule has 1 amide bonds. The molecule has 0 spiro atoms. The highest BCUT2D eigenvalue weighted by Gasteiger charge is 2.21. The van der Waals surface area contributed by atoms with Crippen molar-refractivity contribution < 1.29 is 4.79 Å². The molecule has 0 aliphatic rings. The van der Waals surface area contributed by atoms with Gasteiger partial charge in [0.15, 0.2) is 5.13 Å². The molecule has 0 aliphatic heterocycles. The molecule has 0 bridgehead atoms. The fourth-order valence-electron chi connectivity index (χ4n) is 4.02. The number of amides is 1. The SMILES string of the molecule is Cc1sc(NC(=O)c2c(C)c(-c3ccc(Cl)cc3Cl)nc3ccccc23)nc1-c1ccccc1. The van der Waals surface area contributed by atoms with Crippen LogP contribution in [0.4, 0.5) is 5.13 Å². The molecule has 4 nitrogen and oxygen atoms in total. The van der Waals surface area contributed by atoms with Crippen LogP contribution in [-0.4, -0.2) is 15.9 Å². The maximum Gasteiger partial charge on any atom is 0.258 e. The van der Waals surface area contributed by atoms with Gasteiger partial charge in [-0.3, -0.25) is 10.1 Å². The van der Waals surface area contributed by atoms with Crippen molar-refractivity contribution in [2.75, 3.05) is 5.32 Å². The molecular formula is C27H19Cl2N3OS. The Morgan fingerprint density at radius 2 is 1.62 bits per heavy atom. The number of benzene rings is 3. The minimum Gasteiger partial charge on any atom is -0.298 e. The summed E-state index contributed by atoms with van der Waals surface area (Å²) in [6.07, 6.45) is 0. The first-order chi connectivity index (χ1) is 16.4. The van der Waals surface area contributed by atoms with Crippen LogP contribution in [-0.2, 0) is 0 Å². The molecule has 3 aromatic carbocycles. The molecule has 2 heterocycles. The second-order valence-corrected chi connectivity index (χ2v) is 9.89. The molecule has 5 aromatic rings. The van der Waals surface area contributed by atoms with Gasteiger partial charge in [-0.05, 0) is 43.7 Å². The minimum absolute atomic E-state index is 0.240. The van der Waals surface area contributed by atoms with Gasteiger partial charge in [-0.2, -0.15) is 0 Å². The lowest BCUT2D eigenvalue weighted by Gasteiger charge is -2.15. The summed E-state index contributed by atoms with van der Waals surface area (Å²) in [5.41, 5.74) is 5.23. The van der Waals surface area contributed by atoms with E-state index in [0.29, 0.717) is 32.0 Å². The second-order valence-electron chi connectivity index (χ2n) is 7.85. The number of thiazole rings is 1. The number of anilines is 1. The molecular weight excluding hydrogens is 485 g/mol. The monoisotopic (exact) mass is 503 g/mol. The van der Waals surface area contributed by atoms with Crippen molar-refractivity contribution in [1.82, 2.24) is 9.97 Å². The highest BCUT2D eigenvalue weighted by molar-refractivity contribution is 7.16. The van der Waals surface area contributed by atoms with Crippen molar-refractivity contribution in [3.8, 4) is 22.5 Å². The zero-order valence-electron chi connectivity index (χ0n) is 18.4. The van der Waals surface area contributed by atoms with E-state index in [4.69, 9.17) is 33.2 Å². The number of aryl methyl sites for hydroxylation is 1. The van der Waals surface area contributed by atoms with Crippen LogP contribution in [0.3, 0.4) is 0 Å². The summed E-state index contributed by atoms with van der Waals surface area (Å²) in [6, 6.07) is 22.8. The van der Waals surface area contributed by atoms with Crippen molar-refractivity contribution in [3.63, 3.8) is 0 Å². The number of rotatable bonds is 4. The summed E-state index contributed by atoms with van der Waals surface area (Å²) < 4.78 is 0. The Balaban J connectivity index is 1.60. The number of halogens is 2. The number of carbonyl (C=O) groups is 1. The van der Waals surface area contributed by atoms with Gasteiger partial charge in [-0.25, -0.2) is 9.97 Å². The van der Waals surface area contributed by atoms with Crippen LogP contribution in [0.15, 0.2) is 72.8 Å². The summed E-state index contributed by atoms with van der Waals surface area (Å²) in [4.78, 5) is 24.2. The summed E-state index contributed by atoms with van der Waals surface area (Å²) >= 11 is 14.0. The number of pyridine rings is 1. The minimum atomic E-state index is -0.240. The van der Waals surface area contributed by atoms with E-state index in [1.165, 1.54) is 11.3 Å². The largest absolute Gasteiger partial charge is 0.298 e. The molecule has 0 atom stereocenters. The molecule has 168 valence electrons. The number of nitrogens with zero attached hydrogens (tertiary/aromatic N) is 2. The van der Waals surface area contributed by atoms with Gasteiger partial charge in [-0.15, -0.1) is 11.3 Å². The topological polar surface area (TPSA) is 54.9 Å². The number of hydrogen-bond donors (Lipinski definition) is 1. The number of fused-ring (bicyclic) bond motifs is 1. The summed E-state index contributed by atoms with van der Waals surface area (Å²) in [7, 11) is 0. The number of nitrogens with one attached hydrogen (secondary N) is 1. The molecule has 0 aliphatic carbocycles. The Morgan fingerprint density at radius 3 is 2.38 bits per heavy atom. The quantitative estimate of drug-likeness (QED) is 0.268. The Kier molecular flexibility index (Phi) is 6.09. The van der Waals surface area contributed by atoms with Crippen molar-refractivity contribution in [2.45, 2.75) is 13.8 Å². The molecule has 1 N–H and O–H groups in total. The van der Waals surface area contributed by atoms with E-state index in [-0.39, 0.29) is 5.91 Å². The molecule has 0 saturated carbocycles. The van der Waals surface area contributed by atoms with E-state index in [2.05, 4.69) is 5.32 Å². The zero-order chi connectivity index (χ0) is 23.8. The van der Waals surface area contributed by atoms with E-state index in [0.717, 1.165) is 32.6 Å². The van der Waals surface area contributed by atoms with Crippen LogP contribution >= 0.6 is 34.5 Å². The van der Waals surface area contributed by atoms with Gasteiger partial charge in [0.2, 0.25) is 0 Å². The molecule has 5 rings (SSSR count). The van der Waals surface area contributed by atoms with Gasteiger partial charge in [0.05, 0.1) is 27.5 Å². The van der Waals surface area contributed by atoms with Crippen LogP contribution in [0.5, 0.6) is 0 Å². The van der Waals surface area contributed by atoms with E-state index in [9.17, 15) is 4.79 Å². The first-order valence-corrected chi connectivity index (χ1v) is 12.2. The first kappa shape index (κ1) is 22.5. The lowest BCUT2D eigenvalue weighted by Crippen LogP contribution is -2.15. The highest BCUT2D eigenvalue weighted by Crippen LogP contribution is 2.36. The number of carbonyl (C=O) groups excluding carboxylic acids is 1. The third-order valence-electron chi connectivity index (χ3n) is 5.61. The molecule has 7 heteroatoms. The molecule has 2 aromatic heterocycles. The fraction of sp³-hybridized carbons (Fsp3) is 0.0741. The first-order valence-electron chi connectivity index (χ1n) is 10.6. The van der Waals surface area contributed by atoms with Gasteiger partial charge in [0.25, 0.3) is 5.91 Å². The Hall–Kier alpha value is -3.25. The smallest absolute Gasteiger partial charge is 0.258 e. The van der Waals surface area contributed by atoms with E-state index in [1.807, 2.05) is 74.5 Å². The Labute approximate surface area is 211 Å². The van der Waals surface area contributed by atoms with Gasteiger partial charge in [0.1, 0.15) is 0 Å². The summed E-state index contributed by atoms with van der Waals surface area (Å²) in [6.45, 7) is 3.89. The van der Waals surface area contributed by atoms with E-state index < -0.39 is 0 Å². The van der Waals surface area contributed by atoms with Gasteiger partial charge in [-0.1, -0.05) is 71.7 Å². The Bertz CT molecular complexity index is 1550. The summed E-state index contributed by atoms with van der Waals surface area (Å²) in [5, 5.41) is 5.35. The number of aromatic nitrogens is 2. The average molecular weight is 504 g/mol. The van der Waals surface area contributed by atoms with Gasteiger partial charge in [0, 0.05) is 26.4 Å². The predicted molar refractivity (Wildman–Crippen MR) is 142 cm³/mol. The summed E-state index contributed by atoms with van der Waals surface area (Å²) in [5.74, 6) is -0.240. The van der Waals surface area contributed by atoms with E-state index >= 15 is 0 Å². The van der Waals surface area contributed by atoms with Crippen LogP contribution in [0.2, 0.25) is 10.0 Å². The second kappa shape index (κ2) is 9.18. The maximum absolute atomic E-state index is 13.6. The lowest BCUT2D eigenvalue weighted by molar-refractivity contribution is 0.102. The normalized spacial score (nSPS) is 11.1. The third kappa shape index (κ3) is 4.18. The third-order valence-corrected chi connectivity index (χ3v) is 7.05. The lowest BCUT2D eigenvalue weighted by atomic mass is 9.97. The average Bonchev–Trinajstić information content (AvgIpc) is 3.19. The fourth-order valence-corrected chi connectivity index (χ4v) is 5.35. The van der Waals surface area contributed by atoms with Crippen molar-refractivity contribution >= 4 is 56.5 Å². The maximum atomic E-state index is 13.6. The Morgan fingerprint density at radius 1 is 0.882 bits per heavy atom. The molecule has 34 heavy (non-hydrogen) atoms. The van der Waals surface area contributed by atoms with Crippen LogP contribution < -0.4 is 5.32 Å². The number of para-hydroxylation sites is 1. The van der Waals surface area contributed by atoms with Crippen molar-refractivity contribution in [1.29, 1.82) is 0 Å². The van der Waals surface area contributed by atoms with Crippen LogP contribution in [0, 0.1) is 13.8 Å². The standard InChI is InChI=1S/C27H19Cl2N3OS/c1-15-23(26(33)32-27-31-25(16(2)34-27)17-8-4-3-5-9-17)20-10-6-7-11-22(20)30-24(15)19-13-12-18(28)14-21(19)29/h3-14H,1-2H3,(H,31,32,33). The van der Waals surface area contributed by atoms with Crippen molar-refractivity contribution in [2.24, 2.45) is 0 Å².